The molecule has 92 valence electrons. The normalized spacial score (nSPS) is 23.8. The predicted octanol–water partition coefficient (Wildman–Crippen LogP) is 1.77. The van der Waals surface area contributed by atoms with Gasteiger partial charge in [-0.1, -0.05) is 6.07 Å². The maximum absolute atomic E-state index is 11.0. The molecule has 1 saturated heterocycles. The number of aromatic nitrogens is 1. The molecule has 0 aromatic carbocycles. The first-order chi connectivity index (χ1) is 7.99. The van der Waals surface area contributed by atoms with Crippen LogP contribution < -0.4 is 0 Å². The van der Waals surface area contributed by atoms with Crippen LogP contribution in [0.5, 0.6) is 0 Å². The Labute approximate surface area is 101 Å². The number of pyridine rings is 1. The Morgan fingerprint density at radius 1 is 1.65 bits per heavy atom. The zero-order valence-electron chi connectivity index (χ0n) is 10.3. The fraction of sp³-hybridized carbons (Fsp3) is 0.538. The molecule has 1 N–H and O–H groups in total. The summed E-state index contributed by atoms with van der Waals surface area (Å²) in [7, 11) is 0. The van der Waals surface area contributed by atoms with Crippen LogP contribution in [0, 0.1) is 5.92 Å². The summed E-state index contributed by atoms with van der Waals surface area (Å²) in [5, 5.41) is 9.09. The summed E-state index contributed by atoms with van der Waals surface area (Å²) in [5.74, 6) is -0.937. The summed E-state index contributed by atoms with van der Waals surface area (Å²) < 4.78 is 0. The van der Waals surface area contributed by atoms with Gasteiger partial charge in [0.15, 0.2) is 0 Å². The largest absolute Gasteiger partial charge is 0.481 e. The Hall–Kier alpha value is -1.42. The van der Waals surface area contributed by atoms with Crippen molar-refractivity contribution in [1.82, 2.24) is 9.88 Å². The van der Waals surface area contributed by atoms with Crippen molar-refractivity contribution in [1.29, 1.82) is 0 Å². The third-order valence-corrected chi connectivity index (χ3v) is 3.49. The Morgan fingerprint density at radius 3 is 2.94 bits per heavy atom. The lowest BCUT2D eigenvalue weighted by atomic mass is 9.96. The fourth-order valence-corrected chi connectivity index (χ4v) is 2.47. The molecule has 0 bridgehead atoms. The molecule has 1 aliphatic rings. The van der Waals surface area contributed by atoms with Gasteiger partial charge in [-0.05, 0) is 31.9 Å². The molecule has 4 heteroatoms. The molecule has 0 saturated carbocycles. The van der Waals surface area contributed by atoms with Crippen LogP contribution in [0.25, 0.3) is 0 Å². The second-order valence-corrected chi connectivity index (χ2v) is 5.29. The third kappa shape index (κ3) is 2.64. The number of likely N-dealkylation sites (tertiary alicyclic amines) is 1. The molecule has 2 rings (SSSR count). The zero-order valence-corrected chi connectivity index (χ0v) is 10.3. The minimum absolute atomic E-state index is 0.0566. The van der Waals surface area contributed by atoms with E-state index in [1.54, 1.807) is 6.20 Å². The molecule has 1 unspecified atom stereocenters. The van der Waals surface area contributed by atoms with E-state index in [0.717, 1.165) is 12.1 Å². The highest BCUT2D eigenvalue weighted by Crippen LogP contribution is 2.33. The molecule has 2 heterocycles. The van der Waals surface area contributed by atoms with E-state index in [1.807, 2.05) is 18.3 Å². The summed E-state index contributed by atoms with van der Waals surface area (Å²) in [6.45, 7) is 5.60. The SMILES string of the molecule is CC1(C)CC(C(=O)O)CN1Cc1cccnc1. The number of carboxylic acids is 1. The summed E-state index contributed by atoms with van der Waals surface area (Å²) >= 11 is 0. The average Bonchev–Trinajstić information content (AvgIpc) is 2.56. The van der Waals surface area contributed by atoms with Gasteiger partial charge in [-0.15, -0.1) is 0 Å². The molecule has 1 atom stereocenters. The summed E-state index contributed by atoms with van der Waals surface area (Å²) in [6, 6.07) is 3.93. The van der Waals surface area contributed by atoms with Crippen molar-refractivity contribution < 1.29 is 9.90 Å². The van der Waals surface area contributed by atoms with Crippen LogP contribution in [0.15, 0.2) is 24.5 Å². The lowest BCUT2D eigenvalue weighted by Crippen LogP contribution is -2.37. The molecular weight excluding hydrogens is 216 g/mol. The highest BCUT2D eigenvalue weighted by Gasteiger charge is 2.41. The van der Waals surface area contributed by atoms with Crippen LogP contribution in [0.1, 0.15) is 25.8 Å². The Balaban J connectivity index is 2.09. The number of carboxylic acid groups (broad SMARTS) is 1. The van der Waals surface area contributed by atoms with Crippen LogP contribution >= 0.6 is 0 Å². The second kappa shape index (κ2) is 4.45. The number of rotatable bonds is 3. The summed E-state index contributed by atoms with van der Waals surface area (Å²) in [6.07, 6.45) is 4.30. The Bertz CT molecular complexity index is 403. The second-order valence-electron chi connectivity index (χ2n) is 5.29. The van der Waals surface area contributed by atoms with Crippen molar-refractivity contribution in [2.75, 3.05) is 6.54 Å². The Kier molecular flexibility index (Phi) is 3.15. The van der Waals surface area contributed by atoms with Crippen LogP contribution in [0.2, 0.25) is 0 Å². The summed E-state index contributed by atoms with van der Waals surface area (Å²) in [4.78, 5) is 17.4. The van der Waals surface area contributed by atoms with Crippen molar-refractivity contribution in [3.8, 4) is 0 Å². The standard InChI is InChI=1S/C13H18N2O2/c1-13(2)6-11(12(16)17)9-15(13)8-10-4-3-5-14-7-10/h3-5,7,11H,6,8-9H2,1-2H3,(H,16,17). The lowest BCUT2D eigenvalue weighted by molar-refractivity contribution is -0.141. The zero-order chi connectivity index (χ0) is 12.5. The molecule has 1 aliphatic heterocycles. The minimum atomic E-state index is -0.688. The molecule has 1 fully saturated rings. The molecule has 4 nitrogen and oxygen atoms in total. The van der Waals surface area contributed by atoms with Crippen molar-refractivity contribution in [3.05, 3.63) is 30.1 Å². The molecule has 0 radical (unpaired) electrons. The van der Waals surface area contributed by atoms with Crippen molar-refractivity contribution in [2.45, 2.75) is 32.4 Å². The van der Waals surface area contributed by atoms with Gasteiger partial charge < -0.3 is 5.11 Å². The predicted molar refractivity (Wildman–Crippen MR) is 64.5 cm³/mol. The van der Waals surface area contributed by atoms with Gasteiger partial charge in [0.25, 0.3) is 0 Å². The lowest BCUT2D eigenvalue weighted by Gasteiger charge is -2.31. The van der Waals surface area contributed by atoms with E-state index in [9.17, 15) is 4.79 Å². The maximum atomic E-state index is 11.0. The van der Waals surface area contributed by atoms with E-state index in [0.29, 0.717) is 13.0 Å². The van der Waals surface area contributed by atoms with Gasteiger partial charge in [0.1, 0.15) is 0 Å². The number of hydrogen-bond donors (Lipinski definition) is 1. The van der Waals surface area contributed by atoms with Gasteiger partial charge in [0, 0.05) is 31.0 Å². The molecule has 1 aromatic heterocycles. The first-order valence-corrected chi connectivity index (χ1v) is 5.86. The third-order valence-electron chi connectivity index (χ3n) is 3.49. The van der Waals surface area contributed by atoms with E-state index in [4.69, 9.17) is 5.11 Å². The smallest absolute Gasteiger partial charge is 0.307 e. The number of aliphatic carboxylic acids is 1. The van der Waals surface area contributed by atoms with Gasteiger partial charge in [0.05, 0.1) is 5.92 Å². The van der Waals surface area contributed by atoms with Gasteiger partial charge in [0.2, 0.25) is 0 Å². The van der Waals surface area contributed by atoms with E-state index in [1.165, 1.54) is 0 Å². The van der Waals surface area contributed by atoms with Gasteiger partial charge in [-0.3, -0.25) is 14.7 Å². The quantitative estimate of drug-likeness (QED) is 0.866. The van der Waals surface area contributed by atoms with Gasteiger partial charge in [-0.2, -0.15) is 0 Å². The van der Waals surface area contributed by atoms with Crippen molar-refractivity contribution >= 4 is 5.97 Å². The average molecular weight is 234 g/mol. The molecular formula is C13H18N2O2. The summed E-state index contributed by atoms with van der Waals surface area (Å²) in [5.41, 5.74) is 1.07. The fourth-order valence-electron chi connectivity index (χ4n) is 2.47. The minimum Gasteiger partial charge on any atom is -0.481 e. The van der Waals surface area contributed by atoms with E-state index >= 15 is 0 Å². The molecule has 0 aliphatic carbocycles. The van der Waals surface area contributed by atoms with Crippen LogP contribution in [0.3, 0.4) is 0 Å². The molecule has 0 spiro atoms. The highest BCUT2D eigenvalue weighted by atomic mass is 16.4. The van der Waals surface area contributed by atoms with E-state index < -0.39 is 5.97 Å². The molecule has 1 aromatic rings. The van der Waals surface area contributed by atoms with E-state index in [2.05, 4.69) is 23.7 Å². The van der Waals surface area contributed by atoms with Gasteiger partial charge in [-0.25, -0.2) is 0 Å². The van der Waals surface area contributed by atoms with Crippen LogP contribution in [-0.2, 0) is 11.3 Å². The van der Waals surface area contributed by atoms with Crippen LogP contribution in [0.4, 0.5) is 0 Å². The maximum Gasteiger partial charge on any atom is 0.307 e. The van der Waals surface area contributed by atoms with Crippen LogP contribution in [-0.4, -0.2) is 33.0 Å². The monoisotopic (exact) mass is 234 g/mol. The van der Waals surface area contributed by atoms with Crippen molar-refractivity contribution in [3.63, 3.8) is 0 Å². The van der Waals surface area contributed by atoms with Crippen molar-refractivity contribution in [2.24, 2.45) is 5.92 Å². The first-order valence-electron chi connectivity index (χ1n) is 5.86. The van der Waals surface area contributed by atoms with Gasteiger partial charge >= 0.3 is 5.97 Å². The number of nitrogens with zero attached hydrogens (tertiary/aromatic N) is 2. The highest BCUT2D eigenvalue weighted by molar-refractivity contribution is 5.71. The molecule has 17 heavy (non-hydrogen) atoms. The Morgan fingerprint density at radius 2 is 2.41 bits per heavy atom. The first kappa shape index (κ1) is 12.0. The number of carbonyl (C=O) groups is 1. The topological polar surface area (TPSA) is 53.4 Å². The molecule has 0 amide bonds. The number of hydrogen-bond acceptors (Lipinski definition) is 3. The van der Waals surface area contributed by atoms with E-state index in [-0.39, 0.29) is 11.5 Å².